The first-order valence-electron chi connectivity index (χ1n) is 10.3. The van der Waals surface area contributed by atoms with Crippen LogP contribution in [0.4, 0.5) is 0 Å². The molecule has 32 heavy (non-hydrogen) atoms. The minimum atomic E-state index is 0. The van der Waals surface area contributed by atoms with E-state index in [0.29, 0.717) is 43.0 Å². The van der Waals surface area contributed by atoms with E-state index in [1.54, 1.807) is 13.2 Å². The number of benzene rings is 1. The monoisotopic (exact) mass is 550 g/mol. The highest BCUT2D eigenvalue weighted by atomic mass is 127. The Balaban J connectivity index is 0.00000363. The molecule has 0 aliphatic heterocycles. The number of nitrogens with one attached hydrogen (secondary N) is 2. The van der Waals surface area contributed by atoms with Crippen molar-refractivity contribution in [2.75, 3.05) is 13.7 Å². The van der Waals surface area contributed by atoms with Gasteiger partial charge in [0.1, 0.15) is 0 Å². The van der Waals surface area contributed by atoms with Crippen molar-refractivity contribution in [3.8, 4) is 17.4 Å². The van der Waals surface area contributed by atoms with E-state index >= 15 is 0 Å². The van der Waals surface area contributed by atoms with Gasteiger partial charge in [-0.15, -0.1) is 24.0 Å². The van der Waals surface area contributed by atoms with Crippen LogP contribution in [-0.2, 0) is 20.1 Å². The van der Waals surface area contributed by atoms with E-state index < -0.39 is 0 Å². The van der Waals surface area contributed by atoms with Crippen molar-refractivity contribution < 1.29 is 9.47 Å². The van der Waals surface area contributed by atoms with E-state index in [-0.39, 0.29) is 24.0 Å². The summed E-state index contributed by atoms with van der Waals surface area (Å²) < 4.78 is 13.4. The zero-order chi connectivity index (χ0) is 22.2. The first kappa shape index (κ1) is 25.4. The topological polar surface area (TPSA) is 85.6 Å². The van der Waals surface area contributed by atoms with Gasteiger partial charge in [0.05, 0.1) is 12.3 Å². The highest BCUT2D eigenvalue weighted by Crippen LogP contribution is 2.30. The summed E-state index contributed by atoms with van der Waals surface area (Å²) in [5.74, 6) is 2.58. The van der Waals surface area contributed by atoms with Crippen molar-refractivity contribution in [3.05, 3.63) is 65.1 Å². The molecule has 0 saturated heterocycles. The molecule has 2 heterocycles. The van der Waals surface area contributed by atoms with E-state index in [9.17, 15) is 0 Å². The van der Waals surface area contributed by atoms with Gasteiger partial charge in [0.2, 0.25) is 5.88 Å². The van der Waals surface area contributed by atoms with E-state index in [1.165, 1.54) is 5.56 Å². The molecule has 8 nitrogen and oxygen atoms in total. The van der Waals surface area contributed by atoms with Gasteiger partial charge in [-0.2, -0.15) is 5.10 Å². The lowest BCUT2D eigenvalue weighted by Crippen LogP contribution is -2.36. The number of halogens is 1. The van der Waals surface area contributed by atoms with Crippen LogP contribution in [0.25, 0.3) is 0 Å². The van der Waals surface area contributed by atoms with Gasteiger partial charge in [0, 0.05) is 50.7 Å². The number of para-hydroxylation sites is 2. The molecule has 0 unspecified atom stereocenters. The van der Waals surface area contributed by atoms with Crippen LogP contribution in [0.1, 0.15) is 29.4 Å². The molecule has 1 aromatic carbocycles. The normalized spacial score (nSPS) is 11.0. The summed E-state index contributed by atoms with van der Waals surface area (Å²) in [4.78, 5) is 8.70. The molecule has 3 rings (SSSR count). The van der Waals surface area contributed by atoms with Crippen LogP contribution >= 0.6 is 24.0 Å². The average Bonchev–Trinajstić information content (AvgIpc) is 3.02. The van der Waals surface area contributed by atoms with Crippen molar-refractivity contribution in [3.63, 3.8) is 0 Å². The van der Waals surface area contributed by atoms with E-state index in [4.69, 9.17) is 9.47 Å². The fraction of sp³-hybridized carbons (Fsp3) is 0.348. The second-order valence-corrected chi connectivity index (χ2v) is 7.04. The third-order valence-electron chi connectivity index (χ3n) is 4.94. The Bertz CT molecular complexity index is 1030. The number of ether oxygens (including phenoxy) is 2. The molecule has 0 amide bonds. The SMILES string of the molecule is CCOc1ccccc1Oc1ccc(CNC(=NC)NCc2c(C)nn(C)c2C)cn1.I. The van der Waals surface area contributed by atoms with Crippen LogP contribution in [-0.4, -0.2) is 34.4 Å². The third kappa shape index (κ3) is 6.59. The molecular weight excluding hydrogens is 519 g/mol. The van der Waals surface area contributed by atoms with Gasteiger partial charge in [-0.25, -0.2) is 4.98 Å². The van der Waals surface area contributed by atoms with Crippen LogP contribution in [0.2, 0.25) is 0 Å². The summed E-state index contributed by atoms with van der Waals surface area (Å²) in [6, 6.07) is 11.4. The smallest absolute Gasteiger partial charge is 0.219 e. The molecule has 0 atom stereocenters. The van der Waals surface area contributed by atoms with Crippen molar-refractivity contribution in [2.45, 2.75) is 33.9 Å². The van der Waals surface area contributed by atoms with Crippen LogP contribution in [0.3, 0.4) is 0 Å². The molecule has 172 valence electrons. The number of nitrogens with zero attached hydrogens (tertiary/aromatic N) is 4. The van der Waals surface area contributed by atoms with Crippen molar-refractivity contribution in [1.82, 2.24) is 25.4 Å². The number of aliphatic imine (C=N–C) groups is 1. The summed E-state index contributed by atoms with van der Waals surface area (Å²) in [5.41, 5.74) is 4.36. The van der Waals surface area contributed by atoms with Crippen LogP contribution in [0, 0.1) is 13.8 Å². The largest absolute Gasteiger partial charge is 0.490 e. The minimum absolute atomic E-state index is 0. The van der Waals surface area contributed by atoms with Crippen LogP contribution in [0.5, 0.6) is 17.4 Å². The highest BCUT2D eigenvalue weighted by Gasteiger charge is 2.10. The van der Waals surface area contributed by atoms with Crippen molar-refractivity contribution in [2.24, 2.45) is 12.0 Å². The first-order valence-corrected chi connectivity index (χ1v) is 10.3. The summed E-state index contributed by atoms with van der Waals surface area (Å²) in [5, 5.41) is 11.1. The van der Waals surface area contributed by atoms with Crippen molar-refractivity contribution in [1.29, 1.82) is 0 Å². The van der Waals surface area contributed by atoms with Gasteiger partial charge in [-0.1, -0.05) is 18.2 Å². The Morgan fingerprint density at radius 1 is 1.06 bits per heavy atom. The number of aryl methyl sites for hydroxylation is 2. The lowest BCUT2D eigenvalue weighted by Gasteiger charge is -2.13. The lowest BCUT2D eigenvalue weighted by atomic mass is 10.2. The summed E-state index contributed by atoms with van der Waals surface area (Å²) >= 11 is 0. The predicted octanol–water partition coefficient (Wildman–Crippen LogP) is 4.11. The van der Waals surface area contributed by atoms with E-state index in [0.717, 1.165) is 17.0 Å². The lowest BCUT2D eigenvalue weighted by molar-refractivity contribution is 0.319. The number of guanidine groups is 1. The Morgan fingerprint density at radius 3 is 2.38 bits per heavy atom. The number of aromatic nitrogens is 3. The number of hydrogen-bond donors (Lipinski definition) is 2. The summed E-state index contributed by atoms with van der Waals surface area (Å²) in [7, 11) is 3.71. The Hall–Kier alpha value is -2.82. The zero-order valence-corrected chi connectivity index (χ0v) is 21.5. The number of rotatable bonds is 8. The predicted molar refractivity (Wildman–Crippen MR) is 137 cm³/mol. The van der Waals surface area contributed by atoms with Gasteiger partial charge in [-0.05, 0) is 38.5 Å². The standard InChI is InChI=1S/C23H30N6O2.HI/c1-6-30-20-9-7-8-10-21(20)31-22-12-11-18(13-25-22)14-26-23(24-4)27-15-19-16(2)28-29(5)17(19)3;/h7-13H,6,14-15H2,1-5H3,(H2,24,26,27);1H. The zero-order valence-electron chi connectivity index (χ0n) is 19.2. The minimum Gasteiger partial charge on any atom is -0.490 e. The van der Waals surface area contributed by atoms with Gasteiger partial charge in [0.25, 0.3) is 0 Å². The maximum absolute atomic E-state index is 5.88. The van der Waals surface area contributed by atoms with E-state index in [1.807, 2.05) is 62.0 Å². The van der Waals surface area contributed by atoms with Gasteiger partial charge in [0.15, 0.2) is 17.5 Å². The maximum Gasteiger partial charge on any atom is 0.219 e. The van der Waals surface area contributed by atoms with Gasteiger partial charge in [-0.3, -0.25) is 9.67 Å². The third-order valence-corrected chi connectivity index (χ3v) is 4.94. The van der Waals surface area contributed by atoms with Gasteiger partial charge >= 0.3 is 0 Å². The molecule has 3 aromatic rings. The van der Waals surface area contributed by atoms with Crippen LogP contribution in [0.15, 0.2) is 47.6 Å². The van der Waals surface area contributed by atoms with Crippen LogP contribution < -0.4 is 20.1 Å². The molecule has 9 heteroatoms. The molecular formula is C23H31IN6O2. The quantitative estimate of drug-likeness (QED) is 0.250. The summed E-state index contributed by atoms with van der Waals surface area (Å²) in [6.07, 6.45) is 1.79. The second-order valence-electron chi connectivity index (χ2n) is 7.04. The first-order chi connectivity index (χ1) is 15.0. The molecule has 0 aliphatic carbocycles. The Labute approximate surface area is 206 Å². The molecule has 0 bridgehead atoms. The Morgan fingerprint density at radius 2 is 1.78 bits per heavy atom. The molecule has 0 spiro atoms. The Kier molecular flexibility index (Phi) is 9.76. The maximum atomic E-state index is 5.88. The molecule has 0 aliphatic rings. The molecule has 0 radical (unpaired) electrons. The molecule has 0 saturated carbocycles. The second kappa shape index (κ2) is 12.3. The fourth-order valence-electron chi connectivity index (χ4n) is 3.15. The molecule has 0 fully saturated rings. The van der Waals surface area contributed by atoms with E-state index in [2.05, 4.69) is 32.6 Å². The summed E-state index contributed by atoms with van der Waals surface area (Å²) in [6.45, 7) is 7.85. The van der Waals surface area contributed by atoms with Gasteiger partial charge < -0.3 is 20.1 Å². The number of pyridine rings is 1. The molecule has 2 N–H and O–H groups in total. The highest BCUT2D eigenvalue weighted by molar-refractivity contribution is 14.0. The van der Waals surface area contributed by atoms with Crippen molar-refractivity contribution >= 4 is 29.9 Å². The number of hydrogen-bond acceptors (Lipinski definition) is 5. The fourth-order valence-corrected chi connectivity index (χ4v) is 3.15. The average molecular weight is 550 g/mol. The molecule has 2 aromatic heterocycles.